The Bertz CT molecular complexity index is 1630. The number of ether oxygens (including phenoxy) is 5. The van der Waals surface area contributed by atoms with Crippen molar-refractivity contribution in [2.24, 2.45) is 28.7 Å². The third kappa shape index (κ3) is 10.8. The summed E-state index contributed by atoms with van der Waals surface area (Å²) in [5.41, 5.74) is -1.05. The van der Waals surface area contributed by atoms with Gasteiger partial charge >= 0.3 is 5.97 Å². The Morgan fingerprint density at radius 1 is 1.07 bits per heavy atom. The molecule has 3 aliphatic heterocycles. The van der Waals surface area contributed by atoms with Crippen LogP contribution in [0.1, 0.15) is 87.1 Å². The van der Waals surface area contributed by atoms with Gasteiger partial charge in [0.2, 0.25) is 5.91 Å². The number of carbonyl (C=O) groups is 3. The van der Waals surface area contributed by atoms with Crippen molar-refractivity contribution in [2.45, 2.75) is 136 Å². The van der Waals surface area contributed by atoms with E-state index in [1.807, 2.05) is 77.1 Å². The lowest BCUT2D eigenvalue weighted by atomic mass is 9.73. The fraction of sp³-hybridized carbons (Fsp3) is 0.674. The van der Waals surface area contributed by atoms with Gasteiger partial charge < -0.3 is 38.8 Å². The highest BCUT2D eigenvalue weighted by Gasteiger charge is 2.53. The Morgan fingerprint density at radius 2 is 1.73 bits per heavy atom. The number of likely N-dealkylation sites (N-methyl/N-ethyl adjacent to an activating group) is 1. The summed E-state index contributed by atoms with van der Waals surface area (Å²) in [5, 5.41) is 24.6. The number of ketones is 1. The average molecular weight is 803 g/mol. The van der Waals surface area contributed by atoms with Crippen molar-refractivity contribution in [2.75, 3.05) is 27.3 Å². The Hall–Kier alpha value is -2.81. The monoisotopic (exact) mass is 802 g/mol. The number of aliphatic imine (C=N–C) groups is 1. The molecule has 1 amide bonds. The first kappa shape index (κ1) is 45.9. The van der Waals surface area contributed by atoms with E-state index in [2.05, 4.69) is 4.99 Å². The third-order valence-electron chi connectivity index (χ3n) is 11.6. The normalized spacial score (nSPS) is 39.7. The van der Waals surface area contributed by atoms with Crippen LogP contribution in [-0.2, 0) is 38.1 Å². The molecular formula is C43H63ClN2O10. The van der Waals surface area contributed by atoms with Gasteiger partial charge in [0.05, 0.1) is 37.1 Å². The molecule has 56 heavy (non-hydrogen) atoms. The maximum absolute atomic E-state index is 14.5. The van der Waals surface area contributed by atoms with Gasteiger partial charge in [0.1, 0.15) is 23.7 Å². The number of aliphatic hydroxyl groups is 2. The van der Waals surface area contributed by atoms with Gasteiger partial charge in [0.25, 0.3) is 0 Å². The number of aliphatic hydroxyl groups excluding tert-OH is 1. The minimum absolute atomic E-state index is 0.0127. The highest BCUT2D eigenvalue weighted by atomic mass is 35.5. The van der Waals surface area contributed by atoms with Gasteiger partial charge in [-0.05, 0) is 90.2 Å². The van der Waals surface area contributed by atoms with Gasteiger partial charge in [-0.1, -0.05) is 69.7 Å². The van der Waals surface area contributed by atoms with Crippen LogP contribution in [-0.4, -0.2) is 120 Å². The summed E-state index contributed by atoms with van der Waals surface area (Å²) in [4.78, 5) is 47.5. The summed E-state index contributed by atoms with van der Waals surface area (Å²) in [7, 11) is 3.76. The van der Waals surface area contributed by atoms with Gasteiger partial charge in [-0.3, -0.25) is 14.4 Å². The number of Topliss-reactive ketones (excluding diaryl/α,β-unsaturated/α-hetero) is 1. The Morgan fingerprint density at radius 3 is 2.34 bits per heavy atom. The van der Waals surface area contributed by atoms with E-state index in [4.69, 9.17) is 35.3 Å². The number of cyclic esters (lactones) is 1. The molecule has 3 saturated heterocycles. The largest absolute Gasteiger partial charge is 0.459 e. The van der Waals surface area contributed by atoms with Crippen molar-refractivity contribution in [3.63, 3.8) is 0 Å². The molecule has 12 nitrogen and oxygen atoms in total. The van der Waals surface area contributed by atoms with Crippen LogP contribution in [0.4, 0.5) is 0 Å². The molecule has 3 heterocycles. The zero-order chi connectivity index (χ0) is 41.7. The standard InChI is InChI=1S/C43H63ClN2O10/c1-12-34-43(9,51)39-26(4)35(45-29(7)47)24(2)21-42(8,53-23-31(22-52-39)15-13-14-30-16-18-32(44)19-17-30)38(27(5)36(48)28(6)40(50)55-34)56-41-37(49)33(46(10)11)20-25(3)54-41/h13-19,24-28,33-34,37-39,41,49,51H,12,20-23H2,1-11H3/b14-13+,31-15-,45-35?/t24?,25-,26?,27+,28-,33+,34-,37?,38?,39?,41+,42-,43-/m1/s1. The summed E-state index contributed by atoms with van der Waals surface area (Å²) in [6.07, 6.45) is 0.926. The topological polar surface area (TPSA) is 153 Å². The predicted octanol–water partition coefficient (Wildman–Crippen LogP) is 5.84. The zero-order valence-corrected chi connectivity index (χ0v) is 35.6. The number of amides is 1. The van der Waals surface area contributed by atoms with Crippen molar-refractivity contribution in [3.8, 4) is 0 Å². The van der Waals surface area contributed by atoms with Gasteiger partial charge in [-0.25, -0.2) is 4.99 Å². The van der Waals surface area contributed by atoms with E-state index in [9.17, 15) is 24.6 Å². The highest BCUT2D eigenvalue weighted by Crippen LogP contribution is 2.40. The number of halogens is 1. The van der Waals surface area contributed by atoms with E-state index in [1.165, 1.54) is 13.8 Å². The molecule has 2 N–H and O–H groups in total. The molecule has 1 aromatic rings. The van der Waals surface area contributed by atoms with Crippen LogP contribution in [0.15, 0.2) is 47.0 Å². The van der Waals surface area contributed by atoms with Crippen LogP contribution < -0.4 is 0 Å². The summed E-state index contributed by atoms with van der Waals surface area (Å²) in [6.45, 7) is 15.4. The zero-order valence-electron chi connectivity index (χ0n) is 34.9. The van der Waals surface area contributed by atoms with Crippen molar-refractivity contribution >= 4 is 41.0 Å². The number of allylic oxidation sites excluding steroid dienone is 2. The maximum Gasteiger partial charge on any atom is 0.316 e. The Labute approximate surface area is 337 Å². The first-order valence-electron chi connectivity index (χ1n) is 19.8. The molecule has 312 valence electrons. The van der Waals surface area contributed by atoms with Crippen molar-refractivity contribution in [1.29, 1.82) is 0 Å². The first-order valence-corrected chi connectivity index (χ1v) is 20.2. The summed E-state index contributed by atoms with van der Waals surface area (Å²) < 4.78 is 32.6. The van der Waals surface area contributed by atoms with Crippen LogP contribution in [0.25, 0.3) is 6.08 Å². The molecule has 1 aromatic carbocycles. The van der Waals surface area contributed by atoms with E-state index in [-0.39, 0.29) is 38.2 Å². The molecule has 4 rings (SSSR count). The second kappa shape index (κ2) is 19.3. The van der Waals surface area contributed by atoms with E-state index < -0.39 is 83.2 Å². The van der Waals surface area contributed by atoms with E-state index in [0.717, 1.165) is 5.56 Å². The third-order valence-corrected chi connectivity index (χ3v) is 11.9. The predicted molar refractivity (Wildman–Crippen MR) is 215 cm³/mol. The molecule has 3 aliphatic rings. The van der Waals surface area contributed by atoms with Crippen molar-refractivity contribution in [1.82, 2.24) is 4.90 Å². The molecule has 13 atom stereocenters. The van der Waals surface area contributed by atoms with Crippen LogP contribution in [0.3, 0.4) is 0 Å². The number of rotatable bonds is 6. The molecule has 13 heteroatoms. The number of fused-ring (bicyclic) bond motifs is 5. The Balaban J connectivity index is 1.97. The number of benzene rings is 1. The number of nitrogens with zero attached hydrogens (tertiary/aromatic N) is 2. The molecule has 0 aliphatic carbocycles. The number of hydrogen-bond acceptors (Lipinski definition) is 11. The van der Waals surface area contributed by atoms with Gasteiger partial charge in [0, 0.05) is 35.5 Å². The second-order valence-electron chi connectivity index (χ2n) is 16.6. The fourth-order valence-corrected chi connectivity index (χ4v) is 8.67. The minimum atomic E-state index is -1.79. The summed E-state index contributed by atoms with van der Waals surface area (Å²) >= 11 is 6.11. The summed E-state index contributed by atoms with van der Waals surface area (Å²) in [5.74, 6) is -5.06. The molecule has 3 fully saturated rings. The molecule has 0 aromatic heterocycles. The first-order chi connectivity index (χ1) is 26.2. The quantitative estimate of drug-likeness (QED) is 0.264. The minimum Gasteiger partial charge on any atom is -0.459 e. The molecule has 5 unspecified atom stereocenters. The van der Waals surface area contributed by atoms with E-state index in [0.29, 0.717) is 22.7 Å². The fourth-order valence-electron chi connectivity index (χ4n) is 8.54. The molecule has 2 bridgehead atoms. The highest BCUT2D eigenvalue weighted by molar-refractivity contribution is 6.30. The van der Waals surface area contributed by atoms with Crippen LogP contribution in [0.5, 0.6) is 0 Å². The second-order valence-corrected chi connectivity index (χ2v) is 17.1. The Kier molecular flexibility index (Phi) is 15.8. The van der Waals surface area contributed by atoms with E-state index >= 15 is 0 Å². The molecular weight excluding hydrogens is 740 g/mol. The van der Waals surface area contributed by atoms with Gasteiger partial charge in [-0.2, -0.15) is 0 Å². The van der Waals surface area contributed by atoms with Crippen molar-refractivity contribution in [3.05, 3.63) is 52.6 Å². The lowest BCUT2D eigenvalue weighted by Gasteiger charge is -2.47. The van der Waals surface area contributed by atoms with E-state index in [1.54, 1.807) is 32.9 Å². The molecule has 0 radical (unpaired) electrons. The maximum atomic E-state index is 14.5. The van der Waals surface area contributed by atoms with Crippen LogP contribution in [0.2, 0.25) is 5.02 Å². The number of carbonyl (C=O) groups excluding carboxylic acids is 3. The average Bonchev–Trinajstić information content (AvgIpc) is 3.14. The molecule has 0 spiro atoms. The number of esters is 1. The van der Waals surface area contributed by atoms with Gasteiger partial charge in [0.15, 0.2) is 12.1 Å². The SMILES string of the molecule is CC[C@H]1OC(=O)[C@H](C)C(=O)[C@H](C)C(O[C@@H]2O[C@H](C)C[C@H](N(C)C)C2O)[C@@]2(C)CC(C)C(=NC(C)=O)C(C)C(OC/C(=C/C=C/c3ccc(Cl)cc3)CO2)[C@]1(C)O. The lowest BCUT2D eigenvalue weighted by Crippen LogP contribution is -2.60. The van der Waals surface area contributed by atoms with Gasteiger partial charge in [-0.15, -0.1) is 0 Å². The smallest absolute Gasteiger partial charge is 0.316 e. The number of hydrogen-bond donors (Lipinski definition) is 2. The van der Waals surface area contributed by atoms with Crippen molar-refractivity contribution < 1.29 is 48.3 Å². The van der Waals surface area contributed by atoms with Crippen LogP contribution in [0, 0.1) is 23.7 Å². The lowest BCUT2D eigenvalue weighted by molar-refractivity contribution is -0.296. The summed E-state index contributed by atoms with van der Waals surface area (Å²) in [6, 6.07) is 7.09. The molecule has 0 saturated carbocycles. The van der Waals surface area contributed by atoms with Crippen LogP contribution >= 0.6 is 11.6 Å².